The zero-order valence-corrected chi connectivity index (χ0v) is 6.81. The highest BCUT2D eigenvalue weighted by molar-refractivity contribution is 5.45. The van der Waals surface area contributed by atoms with Gasteiger partial charge in [-0.05, 0) is 12.8 Å². The predicted molar refractivity (Wildman–Crippen MR) is 42.4 cm³/mol. The van der Waals surface area contributed by atoms with Gasteiger partial charge in [-0.1, -0.05) is 0 Å². The van der Waals surface area contributed by atoms with Crippen LogP contribution in [0.5, 0.6) is 0 Å². The molecule has 12 heavy (non-hydrogen) atoms. The zero-order valence-electron chi connectivity index (χ0n) is 6.81. The average Bonchev–Trinajstić information content (AvgIpc) is 2.10. The number of aliphatic hydroxyl groups is 3. The van der Waals surface area contributed by atoms with E-state index >= 15 is 0 Å². The third-order valence-corrected chi connectivity index (χ3v) is 1.51. The molecule has 0 aliphatic rings. The molecule has 0 aliphatic carbocycles. The summed E-state index contributed by atoms with van der Waals surface area (Å²) < 4.78 is 0. The smallest absolute Gasteiger partial charge is 0.207 e. The van der Waals surface area contributed by atoms with Crippen LogP contribution in [-0.2, 0) is 4.79 Å². The Morgan fingerprint density at radius 1 is 1.33 bits per heavy atom. The summed E-state index contributed by atoms with van der Waals surface area (Å²) in [6.07, 6.45) is -0.606. The van der Waals surface area contributed by atoms with Crippen LogP contribution < -0.4 is 5.32 Å². The summed E-state index contributed by atoms with van der Waals surface area (Å²) in [5, 5.41) is 28.9. The Morgan fingerprint density at radius 3 is 2.50 bits per heavy atom. The van der Waals surface area contributed by atoms with Gasteiger partial charge in [0.25, 0.3) is 0 Å². The van der Waals surface area contributed by atoms with Gasteiger partial charge >= 0.3 is 0 Å². The number of hydrogen-bond acceptors (Lipinski definition) is 4. The molecule has 0 saturated heterocycles. The van der Waals surface area contributed by atoms with E-state index in [2.05, 4.69) is 5.32 Å². The Morgan fingerprint density at radius 2 is 2.00 bits per heavy atom. The van der Waals surface area contributed by atoms with Gasteiger partial charge in [0.15, 0.2) is 0 Å². The molecule has 0 unspecified atom stereocenters. The molecule has 0 bridgehead atoms. The molecule has 72 valence electrons. The van der Waals surface area contributed by atoms with Crippen molar-refractivity contribution in [3.8, 4) is 0 Å². The van der Waals surface area contributed by atoms with Crippen LogP contribution in [0.1, 0.15) is 12.8 Å². The van der Waals surface area contributed by atoms with Crippen molar-refractivity contribution in [2.24, 2.45) is 0 Å². The summed E-state index contributed by atoms with van der Waals surface area (Å²) in [6.45, 7) is 0.0288. The van der Waals surface area contributed by atoms with Crippen molar-refractivity contribution < 1.29 is 20.1 Å². The zero-order chi connectivity index (χ0) is 9.40. The fourth-order valence-electron chi connectivity index (χ4n) is 0.798. The number of carbonyl (C=O) groups is 1. The van der Waals surface area contributed by atoms with Crippen LogP contribution in [0.15, 0.2) is 0 Å². The number of nitrogens with one attached hydrogen (secondary N) is 1. The minimum atomic E-state index is -0.957. The van der Waals surface area contributed by atoms with Gasteiger partial charge in [-0.25, -0.2) is 0 Å². The van der Waals surface area contributed by atoms with E-state index < -0.39 is 12.2 Å². The Bertz CT molecular complexity index is 120. The van der Waals surface area contributed by atoms with Crippen molar-refractivity contribution in [1.29, 1.82) is 0 Å². The first kappa shape index (κ1) is 11.4. The van der Waals surface area contributed by atoms with Crippen LogP contribution in [0.3, 0.4) is 0 Å². The lowest BCUT2D eigenvalue weighted by atomic mass is 10.1. The molecule has 0 heterocycles. The molecular formula is C7H15NO4. The van der Waals surface area contributed by atoms with Gasteiger partial charge in [0, 0.05) is 13.2 Å². The molecule has 0 aromatic rings. The molecule has 5 nitrogen and oxygen atoms in total. The van der Waals surface area contributed by atoms with Crippen LogP contribution in [0.2, 0.25) is 0 Å². The number of aliphatic hydroxyl groups excluding tert-OH is 3. The molecule has 0 rings (SSSR count). The van der Waals surface area contributed by atoms with Crippen LogP contribution in [0.25, 0.3) is 0 Å². The van der Waals surface area contributed by atoms with Gasteiger partial charge in [-0.3, -0.25) is 4.79 Å². The Balaban J connectivity index is 3.45. The van der Waals surface area contributed by atoms with Crippen LogP contribution in [0, 0.1) is 0 Å². The van der Waals surface area contributed by atoms with Crippen LogP contribution >= 0.6 is 0 Å². The summed E-state index contributed by atoms with van der Waals surface area (Å²) in [6, 6.07) is 0. The second kappa shape index (κ2) is 7.02. The number of hydrogen-bond donors (Lipinski definition) is 4. The molecule has 0 radical (unpaired) electrons. The first-order chi connectivity index (χ1) is 5.72. The molecule has 0 aromatic heterocycles. The van der Waals surface area contributed by atoms with Crippen molar-refractivity contribution in [3.05, 3.63) is 0 Å². The van der Waals surface area contributed by atoms with E-state index in [1.54, 1.807) is 0 Å². The maximum Gasteiger partial charge on any atom is 0.207 e. The van der Waals surface area contributed by atoms with E-state index in [9.17, 15) is 4.79 Å². The lowest BCUT2D eigenvalue weighted by Gasteiger charge is -2.16. The highest BCUT2D eigenvalue weighted by Crippen LogP contribution is 2.00. The lowest BCUT2D eigenvalue weighted by molar-refractivity contribution is -0.110. The summed E-state index contributed by atoms with van der Waals surface area (Å²) in [7, 11) is 0. The molecule has 5 heteroatoms. The molecule has 4 N–H and O–H groups in total. The third-order valence-electron chi connectivity index (χ3n) is 1.51. The quantitative estimate of drug-likeness (QED) is 0.346. The second-order valence-electron chi connectivity index (χ2n) is 2.53. The average molecular weight is 177 g/mol. The Hall–Kier alpha value is -0.650. The normalized spacial score (nSPS) is 15.2. The standard InChI is InChI=1S/C7H15NO4/c9-3-1-2-6(11)7(12)4-8-5-10/h5-7,9,11-12H,1-4H2,(H,8,10)/t6-,7-/m1/s1. The lowest BCUT2D eigenvalue weighted by Crippen LogP contribution is -2.35. The SMILES string of the molecule is O=CNC[C@@H](O)[C@H](O)CCCO. The van der Waals surface area contributed by atoms with E-state index in [1.807, 2.05) is 0 Å². The first-order valence-corrected chi connectivity index (χ1v) is 3.86. The highest BCUT2D eigenvalue weighted by atomic mass is 16.3. The molecule has 0 spiro atoms. The van der Waals surface area contributed by atoms with Crippen molar-refractivity contribution in [2.75, 3.05) is 13.2 Å². The topological polar surface area (TPSA) is 89.8 Å². The monoisotopic (exact) mass is 177 g/mol. The van der Waals surface area contributed by atoms with E-state index in [1.165, 1.54) is 0 Å². The van der Waals surface area contributed by atoms with Crippen molar-refractivity contribution in [2.45, 2.75) is 25.0 Å². The Kier molecular flexibility index (Phi) is 6.64. The molecule has 1 amide bonds. The predicted octanol–water partition coefficient (Wildman–Crippen LogP) is -1.77. The van der Waals surface area contributed by atoms with Gasteiger partial charge in [0.05, 0.1) is 12.2 Å². The van der Waals surface area contributed by atoms with Crippen molar-refractivity contribution >= 4 is 6.41 Å². The number of amides is 1. The number of carbonyl (C=O) groups excluding carboxylic acids is 1. The molecule has 2 atom stereocenters. The molecule has 0 aliphatic heterocycles. The molecular weight excluding hydrogens is 162 g/mol. The first-order valence-electron chi connectivity index (χ1n) is 3.86. The molecule has 0 fully saturated rings. The van der Waals surface area contributed by atoms with Gasteiger partial charge in [-0.2, -0.15) is 0 Å². The minimum Gasteiger partial charge on any atom is -0.396 e. The Labute approximate surface area is 71.0 Å². The van der Waals surface area contributed by atoms with Gasteiger partial charge in [0.1, 0.15) is 0 Å². The summed E-state index contributed by atoms with van der Waals surface area (Å²) in [4.78, 5) is 9.80. The molecule has 0 saturated carbocycles. The van der Waals surface area contributed by atoms with Crippen molar-refractivity contribution in [3.63, 3.8) is 0 Å². The van der Waals surface area contributed by atoms with Crippen molar-refractivity contribution in [1.82, 2.24) is 5.32 Å². The van der Waals surface area contributed by atoms with Gasteiger partial charge in [0.2, 0.25) is 6.41 Å². The third kappa shape index (κ3) is 5.06. The maximum atomic E-state index is 9.80. The largest absolute Gasteiger partial charge is 0.396 e. The summed E-state index contributed by atoms with van der Waals surface area (Å²) >= 11 is 0. The van der Waals surface area contributed by atoms with Gasteiger partial charge < -0.3 is 20.6 Å². The van der Waals surface area contributed by atoms with E-state index in [0.29, 0.717) is 19.3 Å². The van der Waals surface area contributed by atoms with Crippen LogP contribution in [-0.4, -0.2) is 47.1 Å². The fourth-order valence-corrected chi connectivity index (χ4v) is 0.798. The van der Waals surface area contributed by atoms with E-state index in [-0.39, 0.29) is 13.2 Å². The van der Waals surface area contributed by atoms with Gasteiger partial charge in [-0.15, -0.1) is 0 Å². The van der Waals surface area contributed by atoms with E-state index in [4.69, 9.17) is 15.3 Å². The maximum absolute atomic E-state index is 9.80. The summed E-state index contributed by atoms with van der Waals surface area (Å²) in [5.41, 5.74) is 0. The fraction of sp³-hybridized carbons (Fsp3) is 0.857. The minimum absolute atomic E-state index is 0.00904. The number of rotatable bonds is 7. The van der Waals surface area contributed by atoms with E-state index in [0.717, 1.165) is 0 Å². The van der Waals surface area contributed by atoms with Crippen LogP contribution in [0.4, 0.5) is 0 Å². The highest BCUT2D eigenvalue weighted by Gasteiger charge is 2.14. The second-order valence-corrected chi connectivity index (χ2v) is 2.53. The molecule has 0 aromatic carbocycles. The summed E-state index contributed by atoms with van der Waals surface area (Å²) in [5.74, 6) is 0.